The molecule has 0 aromatic carbocycles. The third-order valence-corrected chi connectivity index (χ3v) is 3.37. The second-order valence-corrected chi connectivity index (χ2v) is 4.97. The van der Waals surface area contributed by atoms with Crippen molar-refractivity contribution in [3.05, 3.63) is 12.2 Å². The van der Waals surface area contributed by atoms with E-state index >= 15 is 0 Å². The Hall–Kier alpha value is -0.300. The summed E-state index contributed by atoms with van der Waals surface area (Å²) in [5.74, 6) is 0.847. The van der Waals surface area contributed by atoms with Gasteiger partial charge in [-0.1, -0.05) is 45.6 Å². The maximum absolute atomic E-state index is 4.01. The Balaban J connectivity index is 4.15. The number of unbranched alkanes of at least 4 members (excludes halogenated alkanes) is 1. The van der Waals surface area contributed by atoms with Crippen LogP contribution in [0.25, 0.3) is 0 Å². The normalized spacial score (nSPS) is 14.8. The predicted octanol–water partition coefficient (Wildman–Crippen LogP) is 4.54. The van der Waals surface area contributed by atoms with Gasteiger partial charge in [0, 0.05) is 6.04 Å². The van der Waals surface area contributed by atoms with Gasteiger partial charge >= 0.3 is 0 Å². The lowest BCUT2D eigenvalue weighted by Gasteiger charge is -2.27. The number of hydrogen-bond donors (Lipinski definition) is 1. The zero-order valence-electron chi connectivity index (χ0n) is 11.8. The summed E-state index contributed by atoms with van der Waals surface area (Å²) in [7, 11) is 0. The molecule has 0 saturated heterocycles. The average molecular weight is 225 g/mol. The molecular weight excluding hydrogens is 194 g/mol. The first-order chi connectivity index (χ1) is 7.65. The molecule has 0 fully saturated rings. The Kier molecular flexibility index (Phi) is 9.71. The van der Waals surface area contributed by atoms with Gasteiger partial charge in [-0.3, -0.25) is 0 Å². The van der Waals surface area contributed by atoms with Gasteiger partial charge in [0.25, 0.3) is 0 Å². The molecule has 0 bridgehead atoms. The van der Waals surface area contributed by atoms with Crippen LogP contribution in [-0.4, -0.2) is 12.6 Å². The first-order valence-corrected chi connectivity index (χ1v) is 7.03. The fourth-order valence-electron chi connectivity index (χ4n) is 2.32. The minimum absolute atomic E-state index is 0.693. The molecule has 1 nitrogen and oxygen atoms in total. The molecule has 1 heteroatoms. The molecule has 0 radical (unpaired) electrons. The molecule has 0 aromatic heterocycles. The lowest BCUT2D eigenvalue weighted by Crippen LogP contribution is -2.36. The summed E-state index contributed by atoms with van der Waals surface area (Å²) in [6.07, 6.45) is 7.78. The Bertz CT molecular complexity index is 174. The molecule has 0 spiro atoms. The van der Waals surface area contributed by atoms with E-state index < -0.39 is 0 Å². The van der Waals surface area contributed by atoms with E-state index in [1.165, 1.54) is 44.1 Å². The third-order valence-electron chi connectivity index (χ3n) is 3.37. The maximum atomic E-state index is 4.01. The molecule has 0 aromatic rings. The lowest BCUT2D eigenvalue weighted by atomic mass is 9.88. The van der Waals surface area contributed by atoms with Crippen molar-refractivity contribution in [3.8, 4) is 0 Å². The van der Waals surface area contributed by atoms with Crippen molar-refractivity contribution in [2.45, 2.75) is 72.3 Å². The second kappa shape index (κ2) is 9.89. The van der Waals surface area contributed by atoms with Crippen LogP contribution in [-0.2, 0) is 0 Å². The molecule has 0 aliphatic rings. The van der Waals surface area contributed by atoms with E-state index in [2.05, 4.69) is 39.6 Å². The van der Waals surface area contributed by atoms with Crippen LogP contribution in [0, 0.1) is 5.92 Å². The molecule has 96 valence electrons. The summed E-state index contributed by atoms with van der Waals surface area (Å²) >= 11 is 0. The number of allylic oxidation sites excluding steroid dienone is 1. The Morgan fingerprint density at radius 2 is 1.88 bits per heavy atom. The fraction of sp³-hybridized carbons (Fsp3) is 0.867. The first kappa shape index (κ1) is 15.7. The van der Waals surface area contributed by atoms with E-state index in [4.69, 9.17) is 0 Å². The van der Waals surface area contributed by atoms with E-state index in [9.17, 15) is 0 Å². The van der Waals surface area contributed by atoms with Gasteiger partial charge in [0.05, 0.1) is 0 Å². The zero-order chi connectivity index (χ0) is 12.4. The van der Waals surface area contributed by atoms with Crippen LogP contribution in [0.2, 0.25) is 0 Å². The first-order valence-electron chi connectivity index (χ1n) is 7.03. The Morgan fingerprint density at radius 3 is 2.31 bits per heavy atom. The van der Waals surface area contributed by atoms with Gasteiger partial charge in [0.1, 0.15) is 0 Å². The van der Waals surface area contributed by atoms with Gasteiger partial charge in [-0.25, -0.2) is 0 Å². The third kappa shape index (κ3) is 7.05. The Morgan fingerprint density at radius 1 is 1.19 bits per heavy atom. The topological polar surface area (TPSA) is 12.0 Å². The molecule has 2 atom stereocenters. The van der Waals surface area contributed by atoms with E-state index in [-0.39, 0.29) is 0 Å². The Labute approximate surface area is 103 Å². The van der Waals surface area contributed by atoms with Crippen molar-refractivity contribution in [1.29, 1.82) is 0 Å². The molecule has 16 heavy (non-hydrogen) atoms. The molecule has 0 heterocycles. The number of nitrogens with one attached hydrogen (secondary N) is 1. The highest BCUT2D eigenvalue weighted by molar-refractivity contribution is 4.90. The largest absolute Gasteiger partial charge is 0.314 e. The highest BCUT2D eigenvalue weighted by Crippen LogP contribution is 2.21. The molecular formula is C15H31N. The van der Waals surface area contributed by atoms with Crippen molar-refractivity contribution in [3.63, 3.8) is 0 Å². The maximum Gasteiger partial charge on any atom is 0.00981 e. The minimum Gasteiger partial charge on any atom is -0.314 e. The minimum atomic E-state index is 0.693. The van der Waals surface area contributed by atoms with Crippen molar-refractivity contribution in [1.82, 2.24) is 5.32 Å². The van der Waals surface area contributed by atoms with Crippen LogP contribution in [0.5, 0.6) is 0 Å². The van der Waals surface area contributed by atoms with Gasteiger partial charge in [0.2, 0.25) is 0 Å². The monoisotopic (exact) mass is 225 g/mol. The summed E-state index contributed by atoms with van der Waals surface area (Å²) in [5, 5.41) is 3.66. The molecule has 0 aliphatic carbocycles. The molecule has 1 N–H and O–H groups in total. The molecule has 0 aliphatic heterocycles. The van der Waals surface area contributed by atoms with E-state index in [1.807, 2.05) is 0 Å². The van der Waals surface area contributed by atoms with Crippen LogP contribution in [0.3, 0.4) is 0 Å². The summed E-state index contributed by atoms with van der Waals surface area (Å²) in [4.78, 5) is 0. The van der Waals surface area contributed by atoms with Crippen molar-refractivity contribution < 1.29 is 0 Å². The van der Waals surface area contributed by atoms with Crippen molar-refractivity contribution in [2.75, 3.05) is 6.54 Å². The standard InChI is InChI=1S/C15H31N/c1-6-9-10-14(7-2)15(16-8-3)12-11-13(4)5/h14-16H,4,6-12H2,1-3,5H3. The van der Waals surface area contributed by atoms with Crippen LogP contribution in [0.4, 0.5) is 0 Å². The van der Waals surface area contributed by atoms with Gasteiger partial charge in [-0.15, -0.1) is 6.58 Å². The van der Waals surface area contributed by atoms with E-state index in [0.717, 1.165) is 12.5 Å². The molecule has 0 rings (SSSR count). The fourth-order valence-corrected chi connectivity index (χ4v) is 2.32. The van der Waals surface area contributed by atoms with Crippen LogP contribution in [0.1, 0.15) is 66.2 Å². The van der Waals surface area contributed by atoms with Crippen LogP contribution in [0.15, 0.2) is 12.2 Å². The van der Waals surface area contributed by atoms with Gasteiger partial charge in [0.15, 0.2) is 0 Å². The van der Waals surface area contributed by atoms with Crippen LogP contribution < -0.4 is 5.32 Å². The number of rotatable bonds is 10. The lowest BCUT2D eigenvalue weighted by molar-refractivity contribution is 0.307. The van der Waals surface area contributed by atoms with Crippen molar-refractivity contribution in [2.24, 2.45) is 5.92 Å². The second-order valence-electron chi connectivity index (χ2n) is 4.97. The smallest absolute Gasteiger partial charge is 0.00981 e. The SMILES string of the molecule is C=C(C)CCC(NCC)C(CC)CCCC. The quantitative estimate of drug-likeness (QED) is 0.538. The summed E-state index contributed by atoms with van der Waals surface area (Å²) in [5.41, 5.74) is 1.31. The van der Waals surface area contributed by atoms with Crippen LogP contribution >= 0.6 is 0 Å². The van der Waals surface area contributed by atoms with Gasteiger partial charge < -0.3 is 5.32 Å². The zero-order valence-corrected chi connectivity index (χ0v) is 11.8. The molecule has 0 amide bonds. The summed E-state index contributed by atoms with van der Waals surface area (Å²) in [6, 6.07) is 0.693. The summed E-state index contributed by atoms with van der Waals surface area (Å²) < 4.78 is 0. The van der Waals surface area contributed by atoms with E-state index in [1.54, 1.807) is 0 Å². The summed E-state index contributed by atoms with van der Waals surface area (Å²) in [6.45, 7) is 14.0. The number of hydrogen-bond acceptors (Lipinski definition) is 1. The predicted molar refractivity (Wildman–Crippen MR) is 74.8 cm³/mol. The average Bonchev–Trinajstić information content (AvgIpc) is 2.26. The molecule has 0 saturated carbocycles. The molecule has 2 unspecified atom stereocenters. The van der Waals surface area contributed by atoms with E-state index in [0.29, 0.717) is 6.04 Å². The van der Waals surface area contributed by atoms with Gasteiger partial charge in [-0.2, -0.15) is 0 Å². The van der Waals surface area contributed by atoms with Crippen molar-refractivity contribution >= 4 is 0 Å². The van der Waals surface area contributed by atoms with Gasteiger partial charge in [-0.05, 0) is 38.6 Å². The highest BCUT2D eigenvalue weighted by Gasteiger charge is 2.17. The highest BCUT2D eigenvalue weighted by atomic mass is 14.9.